The van der Waals surface area contributed by atoms with Crippen molar-refractivity contribution in [3.8, 4) is 5.75 Å². The quantitative estimate of drug-likeness (QED) is 0.252. The average Bonchev–Trinajstić information content (AvgIpc) is 2.74. The van der Waals surface area contributed by atoms with E-state index >= 15 is 0 Å². The van der Waals surface area contributed by atoms with Crippen molar-refractivity contribution in [2.45, 2.75) is 110 Å². The Kier molecular flexibility index (Phi) is 14.5. The summed E-state index contributed by atoms with van der Waals surface area (Å²) in [6.07, 6.45) is 15.0. The molecule has 178 valence electrons. The molecule has 4 nitrogen and oxygen atoms in total. The lowest BCUT2D eigenvalue weighted by Crippen LogP contribution is -2.38. The highest BCUT2D eigenvalue weighted by Gasteiger charge is 2.32. The Morgan fingerprint density at radius 2 is 1.42 bits per heavy atom. The fourth-order valence-corrected chi connectivity index (χ4v) is 4.02. The highest BCUT2D eigenvalue weighted by atomic mass is 16.5. The second-order valence-corrected chi connectivity index (χ2v) is 9.38. The van der Waals surface area contributed by atoms with Gasteiger partial charge in [0, 0.05) is 12.3 Å². The van der Waals surface area contributed by atoms with E-state index in [0.29, 0.717) is 18.6 Å². The Labute approximate surface area is 190 Å². The molecule has 0 aromatic heterocycles. The van der Waals surface area contributed by atoms with Crippen LogP contribution >= 0.6 is 0 Å². The lowest BCUT2D eigenvalue weighted by molar-refractivity contribution is -0.130. The van der Waals surface area contributed by atoms with Crippen molar-refractivity contribution in [1.82, 2.24) is 0 Å². The van der Waals surface area contributed by atoms with Gasteiger partial charge in [0.1, 0.15) is 18.1 Å². The Balaban J connectivity index is 2.31. The maximum Gasteiger partial charge on any atom is 0.139 e. The summed E-state index contributed by atoms with van der Waals surface area (Å²) in [5.41, 5.74) is -0.0308. The zero-order valence-electron chi connectivity index (χ0n) is 20.2. The van der Waals surface area contributed by atoms with Crippen molar-refractivity contribution in [3.63, 3.8) is 0 Å². The normalized spacial score (nSPS) is 12.7. The van der Waals surface area contributed by atoms with E-state index < -0.39 is 11.5 Å². The third kappa shape index (κ3) is 12.9. The molecular weight excluding hydrogens is 388 g/mol. The Morgan fingerprint density at radius 1 is 0.903 bits per heavy atom. The smallest absolute Gasteiger partial charge is 0.139 e. The van der Waals surface area contributed by atoms with Gasteiger partial charge in [-0.15, -0.1) is 0 Å². The van der Waals surface area contributed by atoms with Crippen molar-refractivity contribution in [2.24, 2.45) is 5.92 Å². The number of Topliss-reactive ketones (excluding diaryl/α,β-unsaturated/α-hetero) is 1. The van der Waals surface area contributed by atoms with Gasteiger partial charge in [-0.3, -0.25) is 4.79 Å². The fraction of sp³-hybridized carbons (Fsp3) is 0.741. The summed E-state index contributed by atoms with van der Waals surface area (Å²) in [4.78, 5) is 12.9. The van der Waals surface area contributed by atoms with Crippen molar-refractivity contribution in [2.75, 3.05) is 13.2 Å². The van der Waals surface area contributed by atoms with Crippen LogP contribution in [0.15, 0.2) is 24.3 Å². The molecule has 0 aliphatic carbocycles. The molecule has 0 bridgehead atoms. The highest BCUT2D eigenvalue weighted by molar-refractivity contribution is 5.82. The van der Waals surface area contributed by atoms with Gasteiger partial charge in [0.15, 0.2) is 0 Å². The van der Waals surface area contributed by atoms with Crippen LogP contribution in [0.5, 0.6) is 5.75 Å². The van der Waals surface area contributed by atoms with Gasteiger partial charge in [0.25, 0.3) is 0 Å². The van der Waals surface area contributed by atoms with Crippen LogP contribution in [-0.4, -0.2) is 34.8 Å². The van der Waals surface area contributed by atoms with E-state index in [9.17, 15) is 9.90 Å². The van der Waals surface area contributed by atoms with Crippen LogP contribution in [0.25, 0.3) is 0 Å². The topological polar surface area (TPSA) is 66.8 Å². The molecule has 0 aliphatic heterocycles. The Bertz CT molecular complexity index is 574. The van der Waals surface area contributed by atoms with Crippen LogP contribution in [0.4, 0.5) is 0 Å². The second-order valence-electron chi connectivity index (χ2n) is 9.38. The van der Waals surface area contributed by atoms with Crippen molar-refractivity contribution >= 4 is 5.78 Å². The van der Waals surface area contributed by atoms with Crippen LogP contribution in [0.2, 0.25) is 0 Å². The Morgan fingerprint density at radius 3 is 1.90 bits per heavy atom. The minimum Gasteiger partial charge on any atom is -0.491 e. The summed E-state index contributed by atoms with van der Waals surface area (Å²) >= 11 is 0. The van der Waals surface area contributed by atoms with Gasteiger partial charge >= 0.3 is 0 Å². The summed E-state index contributed by atoms with van der Waals surface area (Å²) < 4.78 is 5.39. The fourth-order valence-electron chi connectivity index (χ4n) is 4.02. The number of rotatable bonds is 19. The van der Waals surface area contributed by atoms with E-state index in [1.54, 1.807) is 13.8 Å². The molecule has 0 radical (unpaired) electrons. The van der Waals surface area contributed by atoms with E-state index in [2.05, 4.69) is 6.92 Å². The number of ether oxygens (including phenoxy) is 1. The lowest BCUT2D eigenvalue weighted by atomic mass is 9.81. The van der Waals surface area contributed by atoms with E-state index in [1.807, 2.05) is 24.3 Å². The standard InChI is InChI=1S/C27H46O4/c1-4-5-6-7-8-9-10-11-12-13-14-15-26(29)25(27(2,3)30)22-23-16-18-24(19-17-23)31-21-20-28/h16-19,25,28,30H,4-15,20-22H2,1-3H3. The van der Waals surface area contributed by atoms with Gasteiger partial charge in [-0.25, -0.2) is 0 Å². The number of aliphatic hydroxyl groups is 2. The summed E-state index contributed by atoms with van der Waals surface area (Å²) in [7, 11) is 0. The van der Waals surface area contributed by atoms with Gasteiger partial charge in [0.05, 0.1) is 12.2 Å². The predicted molar refractivity (Wildman–Crippen MR) is 129 cm³/mol. The molecular formula is C27H46O4. The van der Waals surface area contributed by atoms with Crippen LogP contribution in [0.3, 0.4) is 0 Å². The lowest BCUT2D eigenvalue weighted by Gasteiger charge is -2.28. The predicted octanol–water partition coefficient (Wildman–Crippen LogP) is 6.26. The van der Waals surface area contributed by atoms with Gasteiger partial charge in [0.2, 0.25) is 0 Å². The van der Waals surface area contributed by atoms with E-state index in [4.69, 9.17) is 9.84 Å². The molecule has 0 fully saturated rings. The first-order chi connectivity index (χ1) is 14.9. The number of hydrogen-bond acceptors (Lipinski definition) is 4. The number of carbonyl (C=O) groups excluding carboxylic acids is 1. The second kappa shape index (κ2) is 16.3. The minimum absolute atomic E-state index is 0.0178. The van der Waals surface area contributed by atoms with Crippen LogP contribution in [0, 0.1) is 5.92 Å². The number of unbranched alkanes of at least 4 members (excludes halogenated alkanes) is 10. The molecule has 1 atom stereocenters. The van der Waals surface area contributed by atoms with Crippen LogP contribution in [-0.2, 0) is 11.2 Å². The first-order valence-electron chi connectivity index (χ1n) is 12.5. The molecule has 2 N–H and O–H groups in total. The highest BCUT2D eigenvalue weighted by Crippen LogP contribution is 2.26. The third-order valence-corrected chi connectivity index (χ3v) is 5.99. The van der Waals surface area contributed by atoms with Crippen molar-refractivity contribution < 1.29 is 19.7 Å². The number of carbonyl (C=O) groups is 1. The van der Waals surface area contributed by atoms with Gasteiger partial charge in [-0.1, -0.05) is 83.3 Å². The van der Waals surface area contributed by atoms with Crippen molar-refractivity contribution in [1.29, 1.82) is 0 Å². The van der Waals surface area contributed by atoms with Crippen LogP contribution in [0.1, 0.15) is 103 Å². The molecule has 0 saturated heterocycles. The minimum atomic E-state index is -1.04. The SMILES string of the molecule is CCCCCCCCCCCCCC(=O)C(Cc1ccc(OCCO)cc1)C(C)(C)O. The molecule has 1 unspecified atom stereocenters. The molecule has 31 heavy (non-hydrogen) atoms. The van der Waals surface area contributed by atoms with Gasteiger partial charge in [-0.05, 0) is 44.4 Å². The first-order valence-corrected chi connectivity index (χ1v) is 12.5. The molecule has 1 aromatic rings. The average molecular weight is 435 g/mol. The zero-order valence-corrected chi connectivity index (χ0v) is 20.2. The number of benzene rings is 1. The third-order valence-electron chi connectivity index (χ3n) is 5.99. The molecule has 1 rings (SSSR count). The Hall–Kier alpha value is -1.39. The van der Waals surface area contributed by atoms with Gasteiger partial charge < -0.3 is 14.9 Å². The summed E-state index contributed by atoms with van der Waals surface area (Å²) in [5, 5.41) is 19.4. The zero-order chi connectivity index (χ0) is 23.0. The number of hydrogen-bond donors (Lipinski definition) is 2. The molecule has 0 spiro atoms. The largest absolute Gasteiger partial charge is 0.491 e. The number of aliphatic hydroxyl groups excluding tert-OH is 1. The van der Waals surface area contributed by atoms with Gasteiger partial charge in [-0.2, -0.15) is 0 Å². The summed E-state index contributed by atoms with van der Waals surface area (Å²) in [5.74, 6) is 0.453. The molecule has 0 aliphatic rings. The summed E-state index contributed by atoms with van der Waals surface area (Å²) in [6, 6.07) is 7.56. The van der Waals surface area contributed by atoms with Crippen LogP contribution < -0.4 is 4.74 Å². The van der Waals surface area contributed by atoms with E-state index in [-0.39, 0.29) is 19.0 Å². The number of ketones is 1. The first kappa shape index (κ1) is 27.6. The van der Waals surface area contributed by atoms with E-state index in [0.717, 1.165) is 18.4 Å². The molecule has 0 heterocycles. The monoisotopic (exact) mass is 434 g/mol. The van der Waals surface area contributed by atoms with Crippen molar-refractivity contribution in [3.05, 3.63) is 29.8 Å². The molecule has 1 aromatic carbocycles. The molecule has 4 heteroatoms. The molecule has 0 amide bonds. The molecule has 0 saturated carbocycles. The van der Waals surface area contributed by atoms with E-state index in [1.165, 1.54) is 57.8 Å². The maximum atomic E-state index is 12.9. The maximum absolute atomic E-state index is 12.9. The summed E-state index contributed by atoms with van der Waals surface area (Å²) in [6.45, 7) is 5.96.